The predicted octanol–water partition coefficient (Wildman–Crippen LogP) is 5.79. The second-order valence-corrected chi connectivity index (χ2v) is 8.98. The van der Waals surface area contributed by atoms with Crippen molar-refractivity contribution in [3.8, 4) is 5.75 Å². The molecule has 0 N–H and O–H groups in total. The van der Waals surface area contributed by atoms with Gasteiger partial charge in [-0.2, -0.15) is 9.78 Å². The van der Waals surface area contributed by atoms with Crippen LogP contribution >= 0.6 is 15.9 Å². The standard InChI is InChI=1S/C26H23BrN4O4/c1-3-4-25-29-22-11-10-20(27)14-21(22)26(32)30(25)28-15-19-9-12-24(23(13-19)31(33)34)35-16-18-7-5-17(2)6-8-18/h5-15H,3-4,16H2,1-2H3. The van der Waals surface area contributed by atoms with Crippen LogP contribution in [0.5, 0.6) is 5.75 Å². The topological polar surface area (TPSA) is 99.6 Å². The quantitative estimate of drug-likeness (QED) is 0.162. The number of nitro benzene ring substituents is 1. The van der Waals surface area contributed by atoms with Crippen LogP contribution in [0.1, 0.15) is 35.9 Å². The van der Waals surface area contributed by atoms with Crippen LogP contribution in [0.4, 0.5) is 5.69 Å². The first-order valence-electron chi connectivity index (χ1n) is 11.1. The van der Waals surface area contributed by atoms with E-state index in [9.17, 15) is 14.9 Å². The van der Waals surface area contributed by atoms with E-state index in [1.54, 1.807) is 24.3 Å². The number of aryl methyl sites for hydroxylation is 2. The molecule has 0 bridgehead atoms. The van der Waals surface area contributed by atoms with Gasteiger partial charge in [0.15, 0.2) is 5.75 Å². The molecule has 1 heterocycles. The highest BCUT2D eigenvalue weighted by molar-refractivity contribution is 9.10. The fraction of sp³-hybridized carbons (Fsp3) is 0.192. The van der Waals surface area contributed by atoms with Crippen molar-refractivity contribution in [2.75, 3.05) is 0 Å². The van der Waals surface area contributed by atoms with E-state index < -0.39 is 4.92 Å². The number of rotatable bonds is 8. The molecule has 4 rings (SSSR count). The predicted molar refractivity (Wildman–Crippen MR) is 139 cm³/mol. The van der Waals surface area contributed by atoms with Crippen molar-refractivity contribution in [2.24, 2.45) is 5.10 Å². The summed E-state index contributed by atoms with van der Waals surface area (Å²) in [6.07, 6.45) is 2.76. The number of hydrogen-bond acceptors (Lipinski definition) is 6. The molecule has 0 saturated heterocycles. The monoisotopic (exact) mass is 534 g/mol. The zero-order chi connectivity index (χ0) is 24.9. The van der Waals surface area contributed by atoms with Crippen molar-refractivity contribution in [1.29, 1.82) is 0 Å². The number of hydrogen-bond donors (Lipinski definition) is 0. The molecular formula is C26H23BrN4O4. The first-order chi connectivity index (χ1) is 16.9. The lowest BCUT2D eigenvalue weighted by Gasteiger charge is -2.09. The lowest BCUT2D eigenvalue weighted by Crippen LogP contribution is -2.22. The van der Waals surface area contributed by atoms with Crippen molar-refractivity contribution in [3.63, 3.8) is 0 Å². The largest absolute Gasteiger partial charge is 0.482 e. The summed E-state index contributed by atoms with van der Waals surface area (Å²) in [5.41, 5.74) is 2.61. The minimum atomic E-state index is -0.494. The first-order valence-corrected chi connectivity index (χ1v) is 11.9. The van der Waals surface area contributed by atoms with Crippen LogP contribution in [-0.4, -0.2) is 20.8 Å². The lowest BCUT2D eigenvalue weighted by atomic mass is 10.1. The van der Waals surface area contributed by atoms with Crippen LogP contribution in [0.25, 0.3) is 10.9 Å². The highest BCUT2D eigenvalue weighted by atomic mass is 79.9. The molecule has 3 aromatic carbocycles. The maximum atomic E-state index is 13.1. The molecule has 0 aliphatic rings. The Hall–Kier alpha value is -3.85. The molecule has 1 aromatic heterocycles. The SMILES string of the molecule is CCCc1nc2ccc(Br)cc2c(=O)n1N=Cc1ccc(OCc2ccc(C)cc2)c([N+](=O)[O-])c1. The minimum Gasteiger partial charge on any atom is -0.482 e. The van der Waals surface area contributed by atoms with Gasteiger partial charge in [0, 0.05) is 22.5 Å². The molecule has 0 radical (unpaired) electrons. The van der Waals surface area contributed by atoms with E-state index >= 15 is 0 Å². The second-order valence-electron chi connectivity index (χ2n) is 8.06. The summed E-state index contributed by atoms with van der Waals surface area (Å²) in [5.74, 6) is 0.685. The number of halogens is 1. The normalized spacial score (nSPS) is 11.3. The average molecular weight is 535 g/mol. The van der Waals surface area contributed by atoms with Gasteiger partial charge in [-0.15, -0.1) is 0 Å². The van der Waals surface area contributed by atoms with Gasteiger partial charge < -0.3 is 4.74 Å². The molecule has 178 valence electrons. The molecule has 0 aliphatic carbocycles. The molecule has 4 aromatic rings. The Morgan fingerprint density at radius 3 is 2.63 bits per heavy atom. The maximum absolute atomic E-state index is 13.1. The lowest BCUT2D eigenvalue weighted by molar-refractivity contribution is -0.385. The number of benzene rings is 3. The summed E-state index contributed by atoms with van der Waals surface area (Å²) >= 11 is 3.38. The van der Waals surface area contributed by atoms with E-state index in [1.165, 1.54) is 17.0 Å². The maximum Gasteiger partial charge on any atom is 0.311 e. The van der Waals surface area contributed by atoms with E-state index in [0.717, 1.165) is 22.0 Å². The van der Waals surface area contributed by atoms with E-state index in [-0.39, 0.29) is 23.6 Å². The fourth-order valence-corrected chi connectivity index (χ4v) is 3.91. The third-order valence-corrected chi connectivity index (χ3v) is 5.86. The number of nitrogens with zero attached hydrogens (tertiary/aromatic N) is 4. The van der Waals surface area contributed by atoms with Gasteiger partial charge >= 0.3 is 5.69 Å². The van der Waals surface area contributed by atoms with Crippen LogP contribution in [0.3, 0.4) is 0 Å². The van der Waals surface area contributed by atoms with E-state index in [4.69, 9.17) is 4.74 Å². The third-order valence-electron chi connectivity index (χ3n) is 5.37. The molecule has 0 aliphatic heterocycles. The Morgan fingerprint density at radius 1 is 1.14 bits per heavy atom. The van der Waals surface area contributed by atoms with Crippen molar-refractivity contribution in [3.05, 3.63) is 108 Å². The third kappa shape index (κ3) is 5.63. The van der Waals surface area contributed by atoms with Gasteiger partial charge in [-0.25, -0.2) is 4.98 Å². The second kappa shape index (κ2) is 10.6. The summed E-state index contributed by atoms with van der Waals surface area (Å²) in [5, 5.41) is 16.5. The summed E-state index contributed by atoms with van der Waals surface area (Å²) < 4.78 is 7.74. The Kier molecular flexibility index (Phi) is 7.36. The molecule has 0 spiro atoms. The molecule has 8 nitrogen and oxygen atoms in total. The van der Waals surface area contributed by atoms with Gasteiger partial charge in [-0.3, -0.25) is 14.9 Å². The molecule has 0 atom stereocenters. The smallest absolute Gasteiger partial charge is 0.311 e. The van der Waals surface area contributed by atoms with Gasteiger partial charge in [0.05, 0.1) is 22.0 Å². The molecule has 9 heteroatoms. The average Bonchev–Trinajstić information content (AvgIpc) is 2.84. The summed E-state index contributed by atoms with van der Waals surface area (Å²) in [6, 6.07) is 17.7. The highest BCUT2D eigenvalue weighted by Gasteiger charge is 2.16. The summed E-state index contributed by atoms with van der Waals surface area (Å²) in [7, 11) is 0. The number of nitro groups is 1. The molecule has 35 heavy (non-hydrogen) atoms. The molecule has 0 fully saturated rings. The van der Waals surface area contributed by atoms with E-state index in [2.05, 4.69) is 26.0 Å². The van der Waals surface area contributed by atoms with Gasteiger partial charge in [0.2, 0.25) is 0 Å². The van der Waals surface area contributed by atoms with Crippen molar-refractivity contribution in [2.45, 2.75) is 33.3 Å². The van der Waals surface area contributed by atoms with Gasteiger partial charge in [-0.1, -0.05) is 52.7 Å². The zero-order valence-electron chi connectivity index (χ0n) is 19.3. The van der Waals surface area contributed by atoms with Crippen molar-refractivity contribution < 1.29 is 9.66 Å². The van der Waals surface area contributed by atoms with E-state index in [1.807, 2.05) is 44.2 Å². The number of ether oxygens (including phenoxy) is 1. The first kappa shape index (κ1) is 24.3. The van der Waals surface area contributed by atoms with Crippen molar-refractivity contribution >= 4 is 38.7 Å². The molecule has 0 amide bonds. The van der Waals surface area contributed by atoms with Crippen LogP contribution in [0, 0.1) is 17.0 Å². The van der Waals surface area contributed by atoms with Gasteiger partial charge in [-0.05, 0) is 49.2 Å². The fourth-order valence-electron chi connectivity index (χ4n) is 3.55. The Bertz CT molecular complexity index is 1480. The van der Waals surface area contributed by atoms with Crippen LogP contribution in [0.2, 0.25) is 0 Å². The highest BCUT2D eigenvalue weighted by Crippen LogP contribution is 2.28. The van der Waals surface area contributed by atoms with Crippen LogP contribution in [0.15, 0.2) is 75.0 Å². The van der Waals surface area contributed by atoms with E-state index in [0.29, 0.717) is 28.7 Å². The molecule has 0 saturated carbocycles. The minimum absolute atomic E-state index is 0.161. The Labute approximate surface area is 210 Å². The van der Waals surface area contributed by atoms with Gasteiger partial charge in [0.1, 0.15) is 12.4 Å². The number of aromatic nitrogens is 2. The van der Waals surface area contributed by atoms with Gasteiger partial charge in [0.25, 0.3) is 5.56 Å². The summed E-state index contributed by atoms with van der Waals surface area (Å²) in [6.45, 7) is 4.19. The Balaban J connectivity index is 1.65. The van der Waals surface area contributed by atoms with Crippen LogP contribution in [-0.2, 0) is 13.0 Å². The molecule has 0 unspecified atom stereocenters. The Morgan fingerprint density at radius 2 is 1.91 bits per heavy atom. The molecular weight excluding hydrogens is 512 g/mol. The number of fused-ring (bicyclic) bond motifs is 1. The van der Waals surface area contributed by atoms with Crippen LogP contribution < -0.4 is 10.3 Å². The summed E-state index contributed by atoms with van der Waals surface area (Å²) in [4.78, 5) is 28.9. The van der Waals surface area contributed by atoms with Crippen molar-refractivity contribution in [1.82, 2.24) is 9.66 Å². The zero-order valence-corrected chi connectivity index (χ0v) is 20.9.